The van der Waals surface area contributed by atoms with Crippen LogP contribution in [0.3, 0.4) is 0 Å². The molecule has 1 aromatic carbocycles. The minimum atomic E-state index is -0.697. The number of carbonyl (C=O) groups is 1. The lowest BCUT2D eigenvalue weighted by atomic mass is 10.1. The number of hydrogen-bond acceptors (Lipinski definition) is 3. The standard InChI is InChI=1S/C12H18N2O2/c13-11(12(14)15)9-16-8-4-7-10-5-2-1-3-6-10/h1-3,5-6,11H,4,7-9,13H2,(H2,14,15). The van der Waals surface area contributed by atoms with Gasteiger partial charge in [-0.15, -0.1) is 0 Å². The number of hydrogen-bond donors (Lipinski definition) is 2. The molecule has 0 saturated carbocycles. The van der Waals surface area contributed by atoms with E-state index in [1.54, 1.807) is 0 Å². The lowest BCUT2D eigenvalue weighted by Crippen LogP contribution is -2.40. The Labute approximate surface area is 95.6 Å². The molecule has 4 N–H and O–H groups in total. The average Bonchev–Trinajstić information content (AvgIpc) is 2.29. The Kier molecular flexibility index (Phi) is 5.53. The fourth-order valence-electron chi connectivity index (χ4n) is 1.32. The Morgan fingerprint density at radius 1 is 1.31 bits per heavy atom. The maximum Gasteiger partial charge on any atom is 0.236 e. The zero-order chi connectivity index (χ0) is 11.8. The van der Waals surface area contributed by atoms with Gasteiger partial charge in [0.05, 0.1) is 6.61 Å². The molecule has 0 spiro atoms. The highest BCUT2D eigenvalue weighted by atomic mass is 16.5. The summed E-state index contributed by atoms with van der Waals surface area (Å²) in [6.07, 6.45) is 1.88. The lowest BCUT2D eigenvalue weighted by Gasteiger charge is -2.08. The lowest BCUT2D eigenvalue weighted by molar-refractivity contribution is -0.120. The monoisotopic (exact) mass is 222 g/mol. The highest BCUT2D eigenvalue weighted by molar-refractivity contribution is 5.79. The number of carbonyl (C=O) groups excluding carboxylic acids is 1. The minimum Gasteiger partial charge on any atom is -0.379 e. The Hall–Kier alpha value is -1.39. The number of amides is 1. The van der Waals surface area contributed by atoms with Crippen molar-refractivity contribution in [1.29, 1.82) is 0 Å². The van der Waals surface area contributed by atoms with Crippen LogP contribution in [0.1, 0.15) is 12.0 Å². The molecule has 0 aliphatic rings. The van der Waals surface area contributed by atoms with Crippen LogP contribution in [-0.2, 0) is 16.0 Å². The second kappa shape index (κ2) is 6.98. The van der Waals surface area contributed by atoms with Gasteiger partial charge in [0.2, 0.25) is 5.91 Å². The Morgan fingerprint density at radius 2 is 2.00 bits per heavy atom. The van der Waals surface area contributed by atoms with Gasteiger partial charge in [-0.3, -0.25) is 4.79 Å². The van der Waals surface area contributed by atoms with Gasteiger partial charge in [0, 0.05) is 6.61 Å². The van der Waals surface area contributed by atoms with E-state index in [-0.39, 0.29) is 6.61 Å². The fourth-order valence-corrected chi connectivity index (χ4v) is 1.32. The van der Waals surface area contributed by atoms with E-state index in [0.29, 0.717) is 6.61 Å². The Bertz CT molecular complexity index is 314. The van der Waals surface area contributed by atoms with Gasteiger partial charge in [-0.05, 0) is 18.4 Å². The quantitative estimate of drug-likeness (QED) is 0.657. The maximum absolute atomic E-state index is 10.6. The summed E-state index contributed by atoms with van der Waals surface area (Å²) in [4.78, 5) is 10.6. The number of nitrogens with two attached hydrogens (primary N) is 2. The maximum atomic E-state index is 10.6. The van der Waals surface area contributed by atoms with E-state index in [4.69, 9.17) is 16.2 Å². The third-order valence-corrected chi connectivity index (χ3v) is 2.26. The molecule has 1 amide bonds. The van der Waals surface area contributed by atoms with E-state index < -0.39 is 11.9 Å². The molecular formula is C12H18N2O2. The molecule has 4 heteroatoms. The number of ether oxygens (including phenoxy) is 1. The molecule has 0 aromatic heterocycles. The van der Waals surface area contributed by atoms with Crippen molar-refractivity contribution in [3.05, 3.63) is 35.9 Å². The first-order chi connectivity index (χ1) is 7.70. The van der Waals surface area contributed by atoms with E-state index >= 15 is 0 Å². The molecule has 4 nitrogen and oxygen atoms in total. The number of rotatable bonds is 7. The van der Waals surface area contributed by atoms with Crippen LogP contribution in [0, 0.1) is 0 Å². The van der Waals surface area contributed by atoms with Gasteiger partial charge in [-0.25, -0.2) is 0 Å². The van der Waals surface area contributed by atoms with E-state index in [9.17, 15) is 4.79 Å². The Morgan fingerprint density at radius 3 is 2.62 bits per heavy atom. The van der Waals surface area contributed by atoms with E-state index in [0.717, 1.165) is 12.8 Å². The van der Waals surface area contributed by atoms with Crippen molar-refractivity contribution in [3.63, 3.8) is 0 Å². The summed E-state index contributed by atoms with van der Waals surface area (Å²) in [6, 6.07) is 9.48. The zero-order valence-electron chi connectivity index (χ0n) is 9.26. The molecule has 0 fully saturated rings. The SMILES string of the molecule is NC(=O)C(N)COCCCc1ccccc1. The van der Waals surface area contributed by atoms with Gasteiger partial charge in [-0.1, -0.05) is 30.3 Å². The highest BCUT2D eigenvalue weighted by Crippen LogP contribution is 2.02. The summed E-state index contributed by atoms with van der Waals surface area (Å²) in [5.41, 5.74) is 11.7. The molecule has 1 aromatic rings. The van der Waals surface area contributed by atoms with Crippen LogP contribution in [-0.4, -0.2) is 25.2 Å². The van der Waals surface area contributed by atoms with E-state index in [2.05, 4.69) is 12.1 Å². The molecule has 0 heterocycles. The van der Waals surface area contributed by atoms with Crippen molar-refractivity contribution < 1.29 is 9.53 Å². The first-order valence-corrected chi connectivity index (χ1v) is 5.36. The molecule has 16 heavy (non-hydrogen) atoms. The van der Waals surface area contributed by atoms with Crippen LogP contribution < -0.4 is 11.5 Å². The van der Waals surface area contributed by atoms with Gasteiger partial charge >= 0.3 is 0 Å². The molecule has 88 valence electrons. The first-order valence-electron chi connectivity index (χ1n) is 5.36. The van der Waals surface area contributed by atoms with Crippen molar-refractivity contribution in [2.45, 2.75) is 18.9 Å². The summed E-state index contributed by atoms with van der Waals surface area (Å²) in [5, 5.41) is 0. The topological polar surface area (TPSA) is 78.3 Å². The fraction of sp³-hybridized carbons (Fsp3) is 0.417. The van der Waals surface area contributed by atoms with Crippen LogP contribution in [0.5, 0.6) is 0 Å². The van der Waals surface area contributed by atoms with Crippen LogP contribution in [0.15, 0.2) is 30.3 Å². The second-order valence-electron chi connectivity index (χ2n) is 3.67. The third kappa shape index (κ3) is 4.91. The molecule has 0 saturated heterocycles. The van der Waals surface area contributed by atoms with Crippen molar-refractivity contribution in [2.75, 3.05) is 13.2 Å². The van der Waals surface area contributed by atoms with Crippen LogP contribution >= 0.6 is 0 Å². The van der Waals surface area contributed by atoms with E-state index in [1.807, 2.05) is 18.2 Å². The predicted octanol–water partition coefficient (Wildman–Crippen LogP) is 0.448. The molecule has 0 aliphatic carbocycles. The normalized spacial score (nSPS) is 12.3. The summed E-state index contributed by atoms with van der Waals surface area (Å²) in [5.74, 6) is -0.525. The largest absolute Gasteiger partial charge is 0.379 e. The first kappa shape index (κ1) is 12.7. The summed E-state index contributed by atoms with van der Waals surface area (Å²) in [7, 11) is 0. The summed E-state index contributed by atoms with van der Waals surface area (Å²) < 4.78 is 5.25. The van der Waals surface area contributed by atoms with Gasteiger partial charge < -0.3 is 16.2 Å². The van der Waals surface area contributed by atoms with Crippen molar-refractivity contribution in [1.82, 2.24) is 0 Å². The van der Waals surface area contributed by atoms with Crippen LogP contribution in [0.4, 0.5) is 0 Å². The molecule has 1 unspecified atom stereocenters. The van der Waals surface area contributed by atoms with Gasteiger partial charge in [0.15, 0.2) is 0 Å². The molecule has 0 bridgehead atoms. The number of aryl methyl sites for hydroxylation is 1. The predicted molar refractivity (Wildman–Crippen MR) is 62.8 cm³/mol. The van der Waals surface area contributed by atoms with Crippen LogP contribution in [0.25, 0.3) is 0 Å². The Balaban J connectivity index is 2.07. The van der Waals surface area contributed by atoms with Crippen LogP contribution in [0.2, 0.25) is 0 Å². The zero-order valence-corrected chi connectivity index (χ0v) is 9.26. The minimum absolute atomic E-state index is 0.199. The number of benzene rings is 1. The van der Waals surface area contributed by atoms with Gasteiger partial charge in [0.1, 0.15) is 6.04 Å². The average molecular weight is 222 g/mol. The molecular weight excluding hydrogens is 204 g/mol. The van der Waals surface area contributed by atoms with Crippen molar-refractivity contribution in [3.8, 4) is 0 Å². The highest BCUT2D eigenvalue weighted by Gasteiger charge is 2.07. The summed E-state index contributed by atoms with van der Waals surface area (Å²) >= 11 is 0. The summed E-state index contributed by atoms with van der Waals surface area (Å²) in [6.45, 7) is 0.792. The van der Waals surface area contributed by atoms with Crippen molar-refractivity contribution in [2.24, 2.45) is 11.5 Å². The second-order valence-corrected chi connectivity index (χ2v) is 3.67. The molecule has 1 rings (SSSR count). The van der Waals surface area contributed by atoms with Gasteiger partial charge in [0.25, 0.3) is 0 Å². The number of primary amides is 1. The molecule has 0 aliphatic heterocycles. The van der Waals surface area contributed by atoms with Crippen molar-refractivity contribution >= 4 is 5.91 Å². The van der Waals surface area contributed by atoms with Gasteiger partial charge in [-0.2, -0.15) is 0 Å². The smallest absolute Gasteiger partial charge is 0.236 e. The molecule has 1 atom stereocenters. The third-order valence-electron chi connectivity index (χ3n) is 2.26. The molecule has 0 radical (unpaired) electrons. The van der Waals surface area contributed by atoms with E-state index in [1.165, 1.54) is 5.56 Å².